The molecule has 0 aliphatic carbocycles. The van der Waals surface area contributed by atoms with Crippen LogP contribution in [0.4, 0.5) is 0 Å². The van der Waals surface area contributed by atoms with Crippen LogP contribution >= 0.6 is 0 Å². The maximum absolute atomic E-state index is 12.9. The summed E-state index contributed by atoms with van der Waals surface area (Å²) in [6.45, 7) is 11.5. The molecular weight excluding hydrogens is 865 g/mol. The third-order valence-corrected chi connectivity index (χ3v) is 14.7. The normalized spacial score (nSPS) is 12.0. The van der Waals surface area contributed by atoms with Crippen molar-refractivity contribution in [3.05, 3.63) is 0 Å². The Hall–Kier alpha value is -1.59. The van der Waals surface area contributed by atoms with Crippen LogP contribution in [0, 0.1) is 11.8 Å². The van der Waals surface area contributed by atoms with Crippen molar-refractivity contribution >= 4 is 17.9 Å². The third-order valence-electron chi connectivity index (χ3n) is 14.7. The van der Waals surface area contributed by atoms with Gasteiger partial charge in [-0.15, -0.1) is 0 Å². The summed E-state index contributed by atoms with van der Waals surface area (Å²) in [4.78, 5) is 38.3. The van der Waals surface area contributed by atoms with E-state index >= 15 is 0 Å². The molecule has 0 saturated carbocycles. The standard InChI is InChI=1S/C64H124O6/c1-6-7-8-9-10-11-12-13-14-20-23-29-34-39-44-49-54-62(65)68-57-61(58-69-63(66)55-50-45-40-35-30-26-25-28-33-38-43-48-53-60(4)5)70-64(67)56-51-46-41-36-31-24-21-18-16-15-17-19-22-27-32-37-42-47-52-59(2)3/h59-61H,6-58H2,1-5H3/t61-/m1/s1. The molecule has 0 bridgehead atoms. The number of ether oxygens (including phenoxy) is 3. The molecule has 0 unspecified atom stereocenters. The van der Waals surface area contributed by atoms with Gasteiger partial charge in [-0.3, -0.25) is 14.4 Å². The highest BCUT2D eigenvalue weighted by molar-refractivity contribution is 5.71. The first kappa shape index (κ1) is 68.4. The van der Waals surface area contributed by atoms with Crippen LogP contribution in [-0.2, 0) is 28.6 Å². The zero-order valence-electron chi connectivity index (χ0n) is 48.2. The fourth-order valence-electron chi connectivity index (χ4n) is 9.93. The second-order valence-corrected chi connectivity index (χ2v) is 23.0. The summed E-state index contributed by atoms with van der Waals surface area (Å²) in [6.07, 6.45) is 62.5. The Morgan fingerprint density at radius 1 is 0.271 bits per heavy atom. The van der Waals surface area contributed by atoms with Gasteiger partial charge in [0.05, 0.1) is 0 Å². The average molecular weight is 990 g/mol. The number of carbonyl (C=O) groups excluding carboxylic acids is 3. The largest absolute Gasteiger partial charge is 0.462 e. The van der Waals surface area contributed by atoms with Gasteiger partial charge in [0.25, 0.3) is 0 Å². The first-order valence-corrected chi connectivity index (χ1v) is 31.7. The fourth-order valence-corrected chi connectivity index (χ4v) is 9.93. The second-order valence-electron chi connectivity index (χ2n) is 23.0. The van der Waals surface area contributed by atoms with Crippen molar-refractivity contribution in [1.82, 2.24) is 0 Å². The van der Waals surface area contributed by atoms with E-state index in [0.717, 1.165) is 69.6 Å². The number of unbranched alkanes of at least 4 members (excludes halogenated alkanes) is 43. The molecule has 0 aliphatic rings. The molecule has 0 amide bonds. The molecule has 6 heteroatoms. The zero-order valence-corrected chi connectivity index (χ0v) is 48.2. The minimum Gasteiger partial charge on any atom is -0.462 e. The van der Waals surface area contributed by atoms with Crippen LogP contribution in [0.3, 0.4) is 0 Å². The number of esters is 3. The Balaban J connectivity index is 4.27. The number of hydrogen-bond acceptors (Lipinski definition) is 6. The molecule has 0 rings (SSSR count). The Kier molecular flexibility index (Phi) is 55.4. The van der Waals surface area contributed by atoms with Gasteiger partial charge in [-0.05, 0) is 31.1 Å². The van der Waals surface area contributed by atoms with Gasteiger partial charge in [0.1, 0.15) is 13.2 Å². The van der Waals surface area contributed by atoms with Gasteiger partial charge >= 0.3 is 17.9 Å². The van der Waals surface area contributed by atoms with Crippen LogP contribution in [-0.4, -0.2) is 37.2 Å². The summed E-state index contributed by atoms with van der Waals surface area (Å²) in [5.41, 5.74) is 0. The molecule has 0 aromatic carbocycles. The van der Waals surface area contributed by atoms with Crippen LogP contribution in [0.5, 0.6) is 0 Å². The van der Waals surface area contributed by atoms with E-state index in [1.807, 2.05) is 0 Å². The number of hydrogen-bond donors (Lipinski definition) is 0. The molecular formula is C64H124O6. The van der Waals surface area contributed by atoms with E-state index in [9.17, 15) is 14.4 Å². The maximum atomic E-state index is 12.9. The molecule has 0 heterocycles. The van der Waals surface area contributed by atoms with Crippen LogP contribution in [0.2, 0.25) is 0 Å². The predicted octanol–water partition coefficient (Wildman–Crippen LogP) is 21.2. The van der Waals surface area contributed by atoms with E-state index in [-0.39, 0.29) is 31.1 Å². The summed E-state index contributed by atoms with van der Waals surface area (Å²) < 4.78 is 17.0. The van der Waals surface area contributed by atoms with Crippen LogP contribution in [0.15, 0.2) is 0 Å². The smallest absolute Gasteiger partial charge is 0.306 e. The lowest BCUT2D eigenvalue weighted by atomic mass is 10.0. The Morgan fingerprint density at radius 3 is 0.700 bits per heavy atom. The molecule has 0 saturated heterocycles. The lowest BCUT2D eigenvalue weighted by Crippen LogP contribution is -2.30. The summed E-state index contributed by atoms with van der Waals surface area (Å²) in [6, 6.07) is 0. The average Bonchev–Trinajstić information content (AvgIpc) is 3.33. The molecule has 0 radical (unpaired) electrons. The monoisotopic (exact) mass is 989 g/mol. The van der Waals surface area contributed by atoms with Crippen LogP contribution in [0.25, 0.3) is 0 Å². The van der Waals surface area contributed by atoms with Crippen molar-refractivity contribution < 1.29 is 28.6 Å². The van der Waals surface area contributed by atoms with Crippen molar-refractivity contribution in [2.45, 2.75) is 368 Å². The van der Waals surface area contributed by atoms with Gasteiger partial charge in [0.2, 0.25) is 0 Å². The first-order chi connectivity index (χ1) is 34.2. The molecule has 0 aliphatic heterocycles. The lowest BCUT2D eigenvalue weighted by molar-refractivity contribution is -0.167. The highest BCUT2D eigenvalue weighted by Gasteiger charge is 2.19. The quantitative estimate of drug-likeness (QED) is 0.0343. The van der Waals surface area contributed by atoms with E-state index < -0.39 is 6.10 Å². The summed E-state index contributed by atoms with van der Waals surface area (Å²) in [5, 5.41) is 0. The van der Waals surface area contributed by atoms with Gasteiger partial charge in [0, 0.05) is 19.3 Å². The molecule has 1 atom stereocenters. The first-order valence-electron chi connectivity index (χ1n) is 31.7. The molecule has 0 aromatic heterocycles. The summed E-state index contributed by atoms with van der Waals surface area (Å²) in [7, 11) is 0. The van der Waals surface area contributed by atoms with Crippen LogP contribution in [0.1, 0.15) is 362 Å². The lowest BCUT2D eigenvalue weighted by Gasteiger charge is -2.18. The molecule has 0 N–H and O–H groups in total. The van der Waals surface area contributed by atoms with E-state index in [0.29, 0.717) is 19.3 Å². The third kappa shape index (κ3) is 57.3. The van der Waals surface area contributed by atoms with Gasteiger partial charge in [-0.1, -0.05) is 324 Å². The van der Waals surface area contributed by atoms with Crippen LogP contribution < -0.4 is 0 Å². The predicted molar refractivity (Wildman–Crippen MR) is 303 cm³/mol. The van der Waals surface area contributed by atoms with E-state index in [4.69, 9.17) is 14.2 Å². The minimum absolute atomic E-state index is 0.0619. The van der Waals surface area contributed by atoms with Gasteiger partial charge < -0.3 is 14.2 Å². The van der Waals surface area contributed by atoms with Crippen molar-refractivity contribution in [2.75, 3.05) is 13.2 Å². The van der Waals surface area contributed by atoms with Gasteiger partial charge in [-0.25, -0.2) is 0 Å². The Morgan fingerprint density at radius 2 is 0.471 bits per heavy atom. The fraction of sp³-hybridized carbons (Fsp3) is 0.953. The molecule has 70 heavy (non-hydrogen) atoms. The SMILES string of the molecule is CCCCCCCCCCCCCCCCCCC(=O)OC[C@H](COC(=O)CCCCCCCCCCCCCCC(C)C)OC(=O)CCCCCCCCCCCCCCCCCCCCC(C)C. The molecule has 416 valence electrons. The van der Waals surface area contributed by atoms with Gasteiger partial charge in [0.15, 0.2) is 6.10 Å². The van der Waals surface area contributed by atoms with Crippen molar-refractivity contribution in [1.29, 1.82) is 0 Å². The Bertz CT molecular complexity index is 1070. The Labute approximate surface area is 438 Å². The van der Waals surface area contributed by atoms with Gasteiger partial charge in [-0.2, -0.15) is 0 Å². The second kappa shape index (κ2) is 56.7. The molecule has 0 spiro atoms. The van der Waals surface area contributed by atoms with Crippen molar-refractivity contribution in [2.24, 2.45) is 11.8 Å². The minimum atomic E-state index is -0.763. The maximum Gasteiger partial charge on any atom is 0.306 e. The van der Waals surface area contributed by atoms with E-state index in [1.165, 1.54) is 250 Å². The number of carbonyl (C=O) groups is 3. The molecule has 0 fully saturated rings. The highest BCUT2D eigenvalue weighted by atomic mass is 16.6. The highest BCUT2D eigenvalue weighted by Crippen LogP contribution is 2.19. The van der Waals surface area contributed by atoms with E-state index in [1.54, 1.807) is 0 Å². The van der Waals surface area contributed by atoms with E-state index in [2.05, 4.69) is 34.6 Å². The zero-order chi connectivity index (χ0) is 51.1. The van der Waals surface area contributed by atoms with Crippen molar-refractivity contribution in [3.63, 3.8) is 0 Å². The summed E-state index contributed by atoms with van der Waals surface area (Å²) in [5.74, 6) is 0.860. The topological polar surface area (TPSA) is 78.9 Å². The molecule has 0 aromatic rings. The number of rotatable bonds is 58. The molecule has 6 nitrogen and oxygen atoms in total. The van der Waals surface area contributed by atoms with Crippen molar-refractivity contribution in [3.8, 4) is 0 Å². The summed E-state index contributed by atoms with van der Waals surface area (Å²) >= 11 is 0.